The van der Waals surface area contributed by atoms with Gasteiger partial charge in [-0.05, 0) is 43.7 Å². The molecule has 0 saturated heterocycles. The highest BCUT2D eigenvalue weighted by Gasteiger charge is 2.30. The van der Waals surface area contributed by atoms with Crippen LogP contribution >= 0.6 is 0 Å². The molecule has 2 aliphatic rings. The van der Waals surface area contributed by atoms with Crippen molar-refractivity contribution < 1.29 is 27.4 Å². The predicted octanol–water partition coefficient (Wildman–Crippen LogP) is 7.96. The Bertz CT molecular complexity index is 968. The number of hydrogen-bond donors (Lipinski definition) is 0. The Morgan fingerprint density at radius 2 is 1.55 bits per heavy atom. The Balaban J connectivity index is 1.41. The monoisotopic (exact) mass is 462 g/mol. The van der Waals surface area contributed by atoms with E-state index in [-0.39, 0.29) is 36.0 Å². The quantitative estimate of drug-likeness (QED) is 0.302. The first-order valence-corrected chi connectivity index (χ1v) is 12.3. The smallest absolute Gasteiger partial charge is 0.207 e. The van der Waals surface area contributed by atoms with Crippen molar-refractivity contribution in [2.45, 2.75) is 71.6 Å². The van der Waals surface area contributed by atoms with E-state index in [4.69, 9.17) is 14.2 Å². The first kappa shape index (κ1) is 23.8. The lowest BCUT2D eigenvalue weighted by molar-refractivity contribution is 0.172. The third kappa shape index (κ3) is 5.25. The Morgan fingerprint density at radius 3 is 2.27 bits per heavy atom. The van der Waals surface area contributed by atoms with E-state index in [1.807, 2.05) is 0 Å². The van der Waals surface area contributed by atoms with E-state index in [9.17, 15) is 13.2 Å². The fourth-order valence-corrected chi connectivity index (χ4v) is 4.96. The van der Waals surface area contributed by atoms with Crippen molar-refractivity contribution in [1.29, 1.82) is 0 Å². The van der Waals surface area contributed by atoms with Crippen LogP contribution in [0.4, 0.5) is 13.2 Å². The summed E-state index contributed by atoms with van der Waals surface area (Å²) in [4.78, 5) is 0. The maximum Gasteiger partial charge on any atom is 0.207 e. The first-order chi connectivity index (χ1) is 16.0. The molecule has 1 aliphatic carbocycles. The number of benzene rings is 2. The number of fused-ring (bicyclic) bond motifs is 2. The van der Waals surface area contributed by atoms with Crippen molar-refractivity contribution in [1.82, 2.24) is 0 Å². The summed E-state index contributed by atoms with van der Waals surface area (Å²) >= 11 is 0. The van der Waals surface area contributed by atoms with E-state index < -0.39 is 17.5 Å². The highest BCUT2D eigenvalue weighted by molar-refractivity contribution is 5.55. The average molecular weight is 463 g/mol. The van der Waals surface area contributed by atoms with E-state index in [0.29, 0.717) is 23.7 Å². The zero-order chi connectivity index (χ0) is 23.4. The van der Waals surface area contributed by atoms with Gasteiger partial charge >= 0.3 is 0 Å². The standard InChI is InChI=1S/C27H33F3O3/c1-3-5-6-7-17-8-10-18(11-9-17)16-32-22-15-20-14-19-12-13-21(31-4-2)24(29)26(19)33-27(20)25(30)23(22)28/h12-13,15,17-18H,3-11,14,16H2,1-2H3. The fraction of sp³-hybridized carbons (Fsp3) is 0.556. The van der Waals surface area contributed by atoms with Crippen LogP contribution in [0.2, 0.25) is 0 Å². The molecule has 0 bridgehead atoms. The summed E-state index contributed by atoms with van der Waals surface area (Å²) in [6.45, 7) is 4.63. The van der Waals surface area contributed by atoms with Crippen LogP contribution < -0.4 is 14.2 Å². The van der Waals surface area contributed by atoms with Gasteiger partial charge in [-0.3, -0.25) is 0 Å². The molecule has 33 heavy (non-hydrogen) atoms. The van der Waals surface area contributed by atoms with Crippen molar-refractivity contribution in [2.24, 2.45) is 11.8 Å². The molecule has 180 valence electrons. The van der Waals surface area contributed by atoms with Crippen molar-refractivity contribution in [3.8, 4) is 23.0 Å². The molecule has 0 radical (unpaired) electrons. The number of halogens is 3. The van der Waals surface area contributed by atoms with Crippen molar-refractivity contribution in [3.63, 3.8) is 0 Å². The van der Waals surface area contributed by atoms with Gasteiger partial charge in [0.2, 0.25) is 17.5 Å². The Morgan fingerprint density at radius 1 is 0.818 bits per heavy atom. The molecule has 6 heteroatoms. The molecule has 3 nitrogen and oxygen atoms in total. The van der Waals surface area contributed by atoms with E-state index >= 15 is 0 Å². The molecule has 1 saturated carbocycles. The lowest BCUT2D eigenvalue weighted by Crippen LogP contribution is -2.20. The highest BCUT2D eigenvalue weighted by Crippen LogP contribution is 2.45. The first-order valence-electron chi connectivity index (χ1n) is 12.3. The second-order valence-electron chi connectivity index (χ2n) is 9.26. The van der Waals surface area contributed by atoms with Crippen LogP contribution in [0.15, 0.2) is 18.2 Å². The summed E-state index contributed by atoms with van der Waals surface area (Å²) in [5, 5.41) is 0. The van der Waals surface area contributed by atoms with E-state index in [1.165, 1.54) is 50.7 Å². The second-order valence-corrected chi connectivity index (χ2v) is 9.26. The molecule has 1 fully saturated rings. The second kappa shape index (κ2) is 10.7. The summed E-state index contributed by atoms with van der Waals surface area (Å²) in [6, 6.07) is 4.70. The SMILES string of the molecule is CCCCCC1CCC(COc2cc3c(c(F)c2F)Oc2c(ccc(OCC)c2F)C3)CC1. The Labute approximate surface area is 194 Å². The fourth-order valence-electron chi connectivity index (χ4n) is 4.96. The summed E-state index contributed by atoms with van der Waals surface area (Å²) in [7, 11) is 0. The molecule has 0 N–H and O–H groups in total. The minimum Gasteiger partial charge on any atom is -0.491 e. The van der Waals surface area contributed by atoms with Crippen molar-refractivity contribution in [2.75, 3.05) is 13.2 Å². The van der Waals surface area contributed by atoms with Crippen LogP contribution in [0, 0.1) is 29.3 Å². The lowest BCUT2D eigenvalue weighted by atomic mass is 9.80. The highest BCUT2D eigenvalue weighted by atomic mass is 19.2. The van der Waals surface area contributed by atoms with Gasteiger partial charge in [0.15, 0.2) is 23.0 Å². The van der Waals surface area contributed by atoms with Gasteiger partial charge in [0.25, 0.3) is 0 Å². The minimum atomic E-state index is -1.14. The Kier molecular flexibility index (Phi) is 7.71. The molecule has 0 spiro atoms. The van der Waals surface area contributed by atoms with Crippen molar-refractivity contribution >= 4 is 0 Å². The number of ether oxygens (including phenoxy) is 3. The lowest BCUT2D eigenvalue weighted by Gasteiger charge is -2.29. The average Bonchev–Trinajstić information content (AvgIpc) is 2.83. The molecule has 0 amide bonds. The molecule has 0 atom stereocenters. The minimum absolute atomic E-state index is 0.0284. The molecular weight excluding hydrogens is 429 g/mol. The summed E-state index contributed by atoms with van der Waals surface area (Å²) in [5.41, 5.74) is 1.00. The number of rotatable bonds is 9. The summed E-state index contributed by atoms with van der Waals surface area (Å²) < 4.78 is 60.8. The maximum absolute atomic E-state index is 14.8. The van der Waals surface area contributed by atoms with Crippen LogP contribution in [-0.2, 0) is 6.42 Å². The Hall–Kier alpha value is -2.37. The van der Waals surface area contributed by atoms with Crippen LogP contribution in [0.25, 0.3) is 0 Å². The van der Waals surface area contributed by atoms with Gasteiger partial charge in [0, 0.05) is 17.5 Å². The van der Waals surface area contributed by atoms with E-state index in [0.717, 1.165) is 18.8 Å². The molecule has 4 rings (SSSR count). The van der Waals surface area contributed by atoms with Gasteiger partial charge in [-0.15, -0.1) is 0 Å². The van der Waals surface area contributed by atoms with E-state index in [1.54, 1.807) is 13.0 Å². The normalized spacial score (nSPS) is 19.4. The maximum atomic E-state index is 14.8. The van der Waals surface area contributed by atoms with Gasteiger partial charge in [-0.25, -0.2) is 0 Å². The van der Waals surface area contributed by atoms with Crippen LogP contribution in [-0.4, -0.2) is 13.2 Å². The van der Waals surface area contributed by atoms with E-state index in [2.05, 4.69) is 6.92 Å². The molecular formula is C27H33F3O3. The molecule has 1 aliphatic heterocycles. The topological polar surface area (TPSA) is 27.7 Å². The number of unbranched alkanes of at least 4 members (excludes halogenated alkanes) is 2. The van der Waals surface area contributed by atoms with Crippen LogP contribution in [0.3, 0.4) is 0 Å². The molecule has 0 aromatic heterocycles. The van der Waals surface area contributed by atoms with Gasteiger partial charge < -0.3 is 14.2 Å². The van der Waals surface area contributed by atoms with Crippen LogP contribution in [0.1, 0.15) is 76.3 Å². The number of hydrogen-bond acceptors (Lipinski definition) is 3. The van der Waals surface area contributed by atoms with Gasteiger partial charge in [-0.1, -0.05) is 51.5 Å². The zero-order valence-corrected chi connectivity index (χ0v) is 19.5. The largest absolute Gasteiger partial charge is 0.491 e. The molecule has 2 aromatic rings. The molecule has 1 heterocycles. The summed E-state index contributed by atoms with van der Waals surface area (Å²) in [6.07, 6.45) is 9.83. The predicted molar refractivity (Wildman–Crippen MR) is 122 cm³/mol. The van der Waals surface area contributed by atoms with Gasteiger partial charge in [0.1, 0.15) is 0 Å². The van der Waals surface area contributed by atoms with Crippen molar-refractivity contribution in [3.05, 3.63) is 46.8 Å². The van der Waals surface area contributed by atoms with Gasteiger partial charge in [-0.2, -0.15) is 13.2 Å². The zero-order valence-electron chi connectivity index (χ0n) is 19.5. The van der Waals surface area contributed by atoms with Gasteiger partial charge in [0.05, 0.1) is 13.2 Å². The third-order valence-corrected chi connectivity index (χ3v) is 6.89. The molecule has 2 aromatic carbocycles. The third-order valence-electron chi connectivity index (χ3n) is 6.89. The summed E-state index contributed by atoms with van der Waals surface area (Å²) in [5.74, 6) is -2.27. The molecule has 0 unspecified atom stereocenters. The van der Waals surface area contributed by atoms with Crippen LogP contribution in [0.5, 0.6) is 23.0 Å².